The van der Waals surface area contributed by atoms with Crippen molar-refractivity contribution in [2.45, 2.75) is 31.7 Å². The van der Waals surface area contributed by atoms with Crippen LogP contribution in [0, 0.1) is 11.8 Å². The average molecular weight is 349 g/mol. The van der Waals surface area contributed by atoms with E-state index in [0.29, 0.717) is 11.8 Å². The number of hydrogen-bond donors (Lipinski definition) is 1. The molecule has 1 saturated heterocycles. The number of aromatic nitrogens is 1. The zero-order chi connectivity index (χ0) is 17.8. The maximum Gasteiger partial charge on any atom is 0.223 e. The standard InChI is InChI=1S/C22H27N3O/c26-22(21-12-20(21)19-8-2-1-3-9-19)24-14-18-7-5-11-25(16-18)15-17-6-4-10-23-13-17/h1-4,6,8-10,13,18,20-21H,5,7,11-12,14-16H2,(H,24,26)/t18-,20-,21-/m0/s1. The van der Waals surface area contributed by atoms with Crippen LogP contribution < -0.4 is 5.32 Å². The third-order valence-corrected chi connectivity index (χ3v) is 5.65. The molecule has 1 N–H and O–H groups in total. The van der Waals surface area contributed by atoms with Crippen molar-refractivity contribution in [1.29, 1.82) is 0 Å². The van der Waals surface area contributed by atoms with E-state index in [4.69, 9.17) is 0 Å². The molecule has 1 amide bonds. The molecule has 2 aromatic rings. The first-order valence-electron chi connectivity index (χ1n) is 9.73. The maximum absolute atomic E-state index is 12.5. The fraction of sp³-hybridized carbons (Fsp3) is 0.455. The van der Waals surface area contributed by atoms with E-state index in [1.807, 2.05) is 24.5 Å². The normalized spacial score (nSPS) is 25.6. The van der Waals surface area contributed by atoms with Gasteiger partial charge in [0.2, 0.25) is 5.91 Å². The lowest BCUT2D eigenvalue weighted by Crippen LogP contribution is -2.41. The van der Waals surface area contributed by atoms with Gasteiger partial charge in [0.25, 0.3) is 0 Å². The summed E-state index contributed by atoms with van der Waals surface area (Å²) < 4.78 is 0. The van der Waals surface area contributed by atoms with Gasteiger partial charge < -0.3 is 5.32 Å². The van der Waals surface area contributed by atoms with E-state index < -0.39 is 0 Å². The number of carbonyl (C=O) groups is 1. The highest BCUT2D eigenvalue weighted by molar-refractivity contribution is 5.82. The Bertz CT molecular complexity index is 719. The van der Waals surface area contributed by atoms with Gasteiger partial charge in [-0.15, -0.1) is 0 Å². The highest BCUT2D eigenvalue weighted by Crippen LogP contribution is 2.47. The van der Waals surface area contributed by atoms with E-state index in [2.05, 4.69) is 45.5 Å². The van der Waals surface area contributed by atoms with Crippen molar-refractivity contribution < 1.29 is 4.79 Å². The Morgan fingerprint density at radius 1 is 1.19 bits per heavy atom. The summed E-state index contributed by atoms with van der Waals surface area (Å²) in [5.74, 6) is 1.39. The fourth-order valence-corrected chi connectivity index (χ4v) is 4.14. The van der Waals surface area contributed by atoms with E-state index in [-0.39, 0.29) is 11.8 Å². The zero-order valence-corrected chi connectivity index (χ0v) is 15.2. The Morgan fingerprint density at radius 3 is 2.88 bits per heavy atom. The van der Waals surface area contributed by atoms with E-state index >= 15 is 0 Å². The number of hydrogen-bond acceptors (Lipinski definition) is 3. The second-order valence-corrected chi connectivity index (χ2v) is 7.71. The van der Waals surface area contributed by atoms with Crippen molar-refractivity contribution in [3.05, 3.63) is 66.0 Å². The Balaban J connectivity index is 1.23. The van der Waals surface area contributed by atoms with Gasteiger partial charge in [0.05, 0.1) is 0 Å². The third-order valence-electron chi connectivity index (χ3n) is 5.65. The first-order chi connectivity index (χ1) is 12.8. The fourth-order valence-electron chi connectivity index (χ4n) is 4.14. The van der Waals surface area contributed by atoms with Crippen molar-refractivity contribution in [3.63, 3.8) is 0 Å². The van der Waals surface area contributed by atoms with Gasteiger partial charge in [-0.2, -0.15) is 0 Å². The molecule has 4 rings (SSSR count). The van der Waals surface area contributed by atoms with E-state index in [1.165, 1.54) is 24.0 Å². The largest absolute Gasteiger partial charge is 0.356 e. The van der Waals surface area contributed by atoms with Crippen LogP contribution in [0.15, 0.2) is 54.9 Å². The molecule has 4 heteroatoms. The molecule has 0 radical (unpaired) electrons. The van der Waals surface area contributed by atoms with E-state index in [9.17, 15) is 4.79 Å². The van der Waals surface area contributed by atoms with E-state index in [1.54, 1.807) is 0 Å². The summed E-state index contributed by atoms with van der Waals surface area (Å²) in [7, 11) is 0. The van der Waals surface area contributed by atoms with Gasteiger partial charge >= 0.3 is 0 Å². The molecule has 2 aliphatic rings. The third kappa shape index (κ3) is 4.31. The minimum Gasteiger partial charge on any atom is -0.356 e. The first kappa shape index (κ1) is 17.2. The lowest BCUT2D eigenvalue weighted by molar-refractivity contribution is -0.122. The first-order valence-corrected chi connectivity index (χ1v) is 9.73. The molecule has 2 fully saturated rings. The van der Waals surface area contributed by atoms with Crippen LogP contribution in [0.4, 0.5) is 0 Å². The lowest BCUT2D eigenvalue weighted by Gasteiger charge is -2.32. The Labute approximate surface area is 155 Å². The Kier molecular flexibility index (Phi) is 5.30. The molecule has 26 heavy (non-hydrogen) atoms. The Hall–Kier alpha value is -2.20. The number of carbonyl (C=O) groups excluding carboxylic acids is 1. The molecule has 4 nitrogen and oxygen atoms in total. The zero-order valence-electron chi connectivity index (χ0n) is 15.2. The predicted molar refractivity (Wildman–Crippen MR) is 103 cm³/mol. The quantitative estimate of drug-likeness (QED) is 0.871. The summed E-state index contributed by atoms with van der Waals surface area (Å²) in [5, 5.41) is 3.22. The van der Waals surface area contributed by atoms with Gasteiger partial charge in [0.1, 0.15) is 0 Å². The molecule has 0 bridgehead atoms. The number of likely N-dealkylation sites (tertiary alicyclic amines) is 1. The monoisotopic (exact) mass is 349 g/mol. The van der Waals surface area contributed by atoms with Crippen molar-refractivity contribution >= 4 is 5.91 Å². The lowest BCUT2D eigenvalue weighted by atomic mass is 9.97. The van der Waals surface area contributed by atoms with Crippen LogP contribution in [0.1, 0.15) is 36.3 Å². The van der Waals surface area contributed by atoms with Gasteiger partial charge in [0, 0.05) is 37.9 Å². The van der Waals surface area contributed by atoms with Crippen LogP contribution in [0.5, 0.6) is 0 Å². The number of pyridine rings is 1. The number of amides is 1. The van der Waals surface area contributed by atoms with Crippen LogP contribution in [0.2, 0.25) is 0 Å². The summed E-state index contributed by atoms with van der Waals surface area (Å²) in [6.45, 7) is 3.96. The van der Waals surface area contributed by atoms with Gasteiger partial charge in [-0.3, -0.25) is 14.7 Å². The van der Waals surface area contributed by atoms with Gasteiger partial charge in [0.15, 0.2) is 0 Å². The molecule has 2 heterocycles. The number of nitrogens with one attached hydrogen (secondary N) is 1. The van der Waals surface area contributed by atoms with E-state index in [0.717, 1.165) is 32.6 Å². The van der Waals surface area contributed by atoms with Crippen molar-refractivity contribution in [3.8, 4) is 0 Å². The second kappa shape index (κ2) is 8.00. The SMILES string of the molecule is O=C(NC[C@@H]1CCCN(Cc2cccnc2)C1)[C@H]1C[C@H]1c1ccccc1. The summed E-state index contributed by atoms with van der Waals surface area (Å²) in [4.78, 5) is 19.2. The molecule has 136 valence electrons. The van der Waals surface area contributed by atoms with Crippen LogP contribution in [-0.2, 0) is 11.3 Å². The van der Waals surface area contributed by atoms with Crippen molar-refractivity contribution in [1.82, 2.24) is 15.2 Å². The van der Waals surface area contributed by atoms with Crippen LogP contribution in [0.25, 0.3) is 0 Å². The molecule has 0 unspecified atom stereocenters. The van der Waals surface area contributed by atoms with Gasteiger partial charge in [-0.25, -0.2) is 0 Å². The molecule has 1 saturated carbocycles. The molecule has 1 aliphatic heterocycles. The maximum atomic E-state index is 12.5. The molecule has 1 aromatic carbocycles. The molecule has 0 spiro atoms. The van der Waals surface area contributed by atoms with Crippen LogP contribution in [-0.4, -0.2) is 35.4 Å². The number of piperidine rings is 1. The molecule has 1 aliphatic carbocycles. The smallest absolute Gasteiger partial charge is 0.223 e. The summed E-state index contributed by atoms with van der Waals surface area (Å²) in [6.07, 6.45) is 7.17. The summed E-state index contributed by atoms with van der Waals surface area (Å²) >= 11 is 0. The predicted octanol–water partition coefficient (Wildman–Crippen LogP) is 3.21. The molecule has 3 atom stereocenters. The highest BCUT2D eigenvalue weighted by Gasteiger charge is 2.43. The summed E-state index contributed by atoms with van der Waals surface area (Å²) in [6, 6.07) is 14.5. The number of nitrogens with zero attached hydrogens (tertiary/aromatic N) is 2. The second-order valence-electron chi connectivity index (χ2n) is 7.71. The molecular formula is C22H27N3O. The summed E-state index contributed by atoms with van der Waals surface area (Å²) in [5.41, 5.74) is 2.56. The molecular weight excluding hydrogens is 322 g/mol. The highest BCUT2D eigenvalue weighted by atomic mass is 16.2. The van der Waals surface area contributed by atoms with Crippen LogP contribution in [0.3, 0.4) is 0 Å². The van der Waals surface area contributed by atoms with Crippen LogP contribution >= 0.6 is 0 Å². The average Bonchev–Trinajstić information content (AvgIpc) is 3.49. The molecule has 1 aromatic heterocycles. The Morgan fingerprint density at radius 2 is 2.08 bits per heavy atom. The number of rotatable bonds is 6. The topological polar surface area (TPSA) is 45.2 Å². The van der Waals surface area contributed by atoms with Crippen molar-refractivity contribution in [2.75, 3.05) is 19.6 Å². The van der Waals surface area contributed by atoms with Crippen molar-refractivity contribution in [2.24, 2.45) is 11.8 Å². The van der Waals surface area contributed by atoms with Gasteiger partial charge in [-0.1, -0.05) is 36.4 Å². The minimum atomic E-state index is 0.174. The van der Waals surface area contributed by atoms with Gasteiger partial charge in [-0.05, 0) is 54.8 Å². The minimum absolute atomic E-state index is 0.174. The number of benzene rings is 1.